The highest BCUT2D eigenvalue weighted by molar-refractivity contribution is 7.84. The third-order valence-electron chi connectivity index (χ3n) is 4.34. The Morgan fingerprint density at radius 3 is 2.72 bits per heavy atom. The van der Waals surface area contributed by atoms with Crippen LogP contribution in [0.3, 0.4) is 0 Å². The fourth-order valence-electron chi connectivity index (χ4n) is 2.94. The largest absolute Gasteiger partial charge is 0.314 e. The lowest BCUT2D eigenvalue weighted by Gasteiger charge is -2.18. The van der Waals surface area contributed by atoms with Crippen molar-refractivity contribution in [3.05, 3.63) is 0 Å². The summed E-state index contributed by atoms with van der Waals surface area (Å²) >= 11 is 0. The summed E-state index contributed by atoms with van der Waals surface area (Å²) in [7, 11) is -0.669. The first-order chi connectivity index (χ1) is 8.63. The molecule has 1 aliphatic rings. The lowest BCUT2D eigenvalue weighted by atomic mass is 9.95. The highest BCUT2D eigenvalue weighted by Crippen LogP contribution is 2.26. The lowest BCUT2D eigenvalue weighted by molar-refractivity contribution is 0.409. The minimum Gasteiger partial charge on any atom is -0.314 e. The number of hydrogen-bond donors (Lipinski definition) is 1. The molecule has 108 valence electrons. The maximum atomic E-state index is 11.3. The molecule has 0 bridgehead atoms. The second-order valence-electron chi connectivity index (χ2n) is 5.91. The van der Waals surface area contributed by atoms with Gasteiger partial charge in [-0.25, -0.2) is 0 Å². The minimum atomic E-state index is -0.669. The van der Waals surface area contributed by atoms with E-state index in [9.17, 15) is 4.21 Å². The van der Waals surface area contributed by atoms with Crippen LogP contribution in [0.2, 0.25) is 0 Å². The average molecular weight is 273 g/mol. The average Bonchev–Trinajstić information content (AvgIpc) is 2.55. The van der Waals surface area contributed by atoms with Crippen LogP contribution >= 0.6 is 0 Å². The van der Waals surface area contributed by atoms with Gasteiger partial charge in [0.05, 0.1) is 0 Å². The van der Waals surface area contributed by atoms with Gasteiger partial charge >= 0.3 is 0 Å². The van der Waals surface area contributed by atoms with Crippen molar-refractivity contribution in [1.29, 1.82) is 0 Å². The summed E-state index contributed by atoms with van der Waals surface area (Å²) in [6.45, 7) is 5.42. The zero-order valence-electron chi connectivity index (χ0n) is 12.4. The highest BCUT2D eigenvalue weighted by atomic mass is 32.2. The zero-order chi connectivity index (χ0) is 13.4. The second kappa shape index (κ2) is 9.08. The maximum absolute atomic E-state index is 11.3. The van der Waals surface area contributed by atoms with Crippen molar-refractivity contribution in [2.24, 2.45) is 5.92 Å². The first-order valence-corrected chi connectivity index (χ1v) is 9.31. The molecule has 4 unspecified atom stereocenters. The van der Waals surface area contributed by atoms with E-state index >= 15 is 0 Å². The SMILES string of the molecule is CCCC1CCCC(NCCC(C)S(C)=O)CC1. The molecule has 2 nitrogen and oxygen atoms in total. The molecule has 18 heavy (non-hydrogen) atoms. The molecular formula is C15H31NOS. The van der Waals surface area contributed by atoms with Gasteiger partial charge in [0, 0.05) is 28.3 Å². The van der Waals surface area contributed by atoms with Crippen LogP contribution in [-0.2, 0) is 10.8 Å². The minimum absolute atomic E-state index is 0.330. The van der Waals surface area contributed by atoms with Gasteiger partial charge in [-0.3, -0.25) is 4.21 Å². The standard InChI is InChI=1S/C15H31NOS/c1-4-6-14-7-5-8-15(10-9-14)16-12-11-13(2)18(3)17/h13-16H,4-12H2,1-3H3. The fraction of sp³-hybridized carbons (Fsp3) is 1.00. The van der Waals surface area contributed by atoms with Crippen LogP contribution in [0.5, 0.6) is 0 Å². The lowest BCUT2D eigenvalue weighted by Crippen LogP contribution is -2.31. The quantitative estimate of drug-likeness (QED) is 0.720. The predicted molar refractivity (Wildman–Crippen MR) is 81.4 cm³/mol. The molecule has 1 rings (SSSR count). The molecule has 1 fully saturated rings. The van der Waals surface area contributed by atoms with Gasteiger partial charge in [-0.05, 0) is 38.1 Å². The van der Waals surface area contributed by atoms with Crippen molar-refractivity contribution in [1.82, 2.24) is 5.32 Å². The van der Waals surface area contributed by atoms with Gasteiger partial charge in [0.2, 0.25) is 0 Å². The van der Waals surface area contributed by atoms with Gasteiger partial charge in [-0.2, -0.15) is 0 Å². The van der Waals surface area contributed by atoms with E-state index in [0.29, 0.717) is 11.3 Å². The highest BCUT2D eigenvalue weighted by Gasteiger charge is 2.18. The van der Waals surface area contributed by atoms with Gasteiger partial charge in [-0.1, -0.05) is 39.5 Å². The summed E-state index contributed by atoms with van der Waals surface area (Å²) in [5.74, 6) is 0.976. The van der Waals surface area contributed by atoms with Gasteiger partial charge in [0.25, 0.3) is 0 Å². The summed E-state index contributed by atoms with van der Waals surface area (Å²) in [6, 6.07) is 0.712. The Kier molecular flexibility index (Phi) is 8.16. The number of hydrogen-bond acceptors (Lipinski definition) is 2. The van der Waals surface area contributed by atoms with E-state index in [-0.39, 0.29) is 0 Å². The van der Waals surface area contributed by atoms with Gasteiger partial charge in [-0.15, -0.1) is 0 Å². The molecule has 0 aromatic rings. The first kappa shape index (κ1) is 16.2. The molecule has 0 amide bonds. The van der Waals surface area contributed by atoms with Crippen LogP contribution in [0, 0.1) is 5.92 Å². The maximum Gasteiger partial charge on any atom is 0.0329 e. The Hall–Kier alpha value is 0.110. The van der Waals surface area contributed by atoms with E-state index in [1.54, 1.807) is 0 Å². The summed E-state index contributed by atoms with van der Waals surface area (Å²) < 4.78 is 11.3. The van der Waals surface area contributed by atoms with Crippen LogP contribution in [-0.4, -0.2) is 28.3 Å². The topological polar surface area (TPSA) is 29.1 Å². The Bertz CT molecular complexity index is 245. The summed E-state index contributed by atoms with van der Waals surface area (Å²) in [4.78, 5) is 0. The van der Waals surface area contributed by atoms with Crippen LogP contribution in [0.25, 0.3) is 0 Å². The van der Waals surface area contributed by atoms with Crippen molar-refractivity contribution >= 4 is 10.8 Å². The van der Waals surface area contributed by atoms with Crippen molar-refractivity contribution in [2.75, 3.05) is 12.8 Å². The third-order valence-corrected chi connectivity index (χ3v) is 5.70. The molecule has 3 heteroatoms. The molecule has 0 radical (unpaired) electrons. The Labute approximate surface area is 116 Å². The van der Waals surface area contributed by atoms with E-state index in [1.807, 2.05) is 6.26 Å². The van der Waals surface area contributed by atoms with Crippen LogP contribution in [0.15, 0.2) is 0 Å². The molecule has 0 saturated heterocycles. The van der Waals surface area contributed by atoms with Gasteiger partial charge < -0.3 is 5.32 Å². The molecule has 0 aromatic heterocycles. The number of rotatable bonds is 7. The van der Waals surface area contributed by atoms with Crippen molar-refractivity contribution in [3.8, 4) is 0 Å². The molecule has 1 saturated carbocycles. The molecule has 0 heterocycles. The molecule has 1 N–H and O–H groups in total. The third kappa shape index (κ3) is 6.33. The number of nitrogens with one attached hydrogen (secondary N) is 1. The van der Waals surface area contributed by atoms with Gasteiger partial charge in [0.15, 0.2) is 0 Å². The van der Waals surface area contributed by atoms with Crippen molar-refractivity contribution < 1.29 is 4.21 Å². The predicted octanol–water partition coefficient (Wildman–Crippen LogP) is 3.48. The summed E-state index contributed by atoms with van der Waals surface area (Å²) in [5.41, 5.74) is 0. The van der Waals surface area contributed by atoms with Crippen LogP contribution < -0.4 is 5.32 Å². The van der Waals surface area contributed by atoms with Crippen molar-refractivity contribution in [2.45, 2.75) is 76.5 Å². The van der Waals surface area contributed by atoms with Crippen molar-refractivity contribution in [3.63, 3.8) is 0 Å². The Morgan fingerprint density at radius 1 is 1.28 bits per heavy atom. The normalized spacial score (nSPS) is 28.6. The smallest absolute Gasteiger partial charge is 0.0329 e. The van der Waals surface area contributed by atoms with E-state index in [2.05, 4.69) is 19.2 Å². The molecule has 0 aliphatic heterocycles. The van der Waals surface area contributed by atoms with E-state index in [1.165, 1.54) is 44.9 Å². The van der Waals surface area contributed by atoms with Crippen LogP contribution in [0.4, 0.5) is 0 Å². The summed E-state index contributed by atoms with van der Waals surface area (Å²) in [6.07, 6.45) is 12.5. The van der Waals surface area contributed by atoms with E-state index < -0.39 is 10.8 Å². The fourth-order valence-corrected chi connectivity index (χ4v) is 3.39. The molecule has 4 atom stereocenters. The zero-order valence-corrected chi connectivity index (χ0v) is 13.2. The monoisotopic (exact) mass is 273 g/mol. The van der Waals surface area contributed by atoms with Crippen LogP contribution in [0.1, 0.15) is 65.2 Å². The van der Waals surface area contributed by atoms with Gasteiger partial charge in [0.1, 0.15) is 0 Å². The Morgan fingerprint density at radius 2 is 2.06 bits per heavy atom. The van der Waals surface area contributed by atoms with E-state index in [4.69, 9.17) is 0 Å². The summed E-state index contributed by atoms with van der Waals surface area (Å²) in [5, 5.41) is 4.01. The Balaban J connectivity index is 2.17. The molecule has 1 aliphatic carbocycles. The molecular weight excluding hydrogens is 242 g/mol. The molecule has 0 aromatic carbocycles. The second-order valence-corrected chi connectivity index (χ2v) is 7.71. The molecule has 0 spiro atoms. The first-order valence-electron chi connectivity index (χ1n) is 7.69. The van der Waals surface area contributed by atoms with E-state index in [0.717, 1.165) is 18.9 Å².